The Kier molecular flexibility index (Phi) is 2.49. The zero-order valence-corrected chi connectivity index (χ0v) is 8.57. The van der Waals surface area contributed by atoms with Gasteiger partial charge in [-0.05, 0) is 28.1 Å². The largest absolute Gasteiger partial charge is 0.252 e. The van der Waals surface area contributed by atoms with Crippen molar-refractivity contribution in [3.05, 3.63) is 41.0 Å². The summed E-state index contributed by atoms with van der Waals surface area (Å²) in [5.74, 6) is -0.266. The number of hydrogen-bond acceptors (Lipinski definition) is 3. The average molecular weight is 254 g/mol. The quantitative estimate of drug-likeness (QED) is 0.733. The van der Waals surface area contributed by atoms with Gasteiger partial charge in [0.05, 0.1) is 0 Å². The lowest BCUT2D eigenvalue weighted by molar-refractivity contribution is 0.581. The van der Waals surface area contributed by atoms with Crippen LogP contribution < -0.4 is 0 Å². The molecule has 0 aliphatic carbocycles. The van der Waals surface area contributed by atoms with Crippen LogP contribution in [0, 0.1) is 5.95 Å². The van der Waals surface area contributed by atoms with Gasteiger partial charge in [-0.25, -0.2) is 4.98 Å². The van der Waals surface area contributed by atoms with E-state index in [0.717, 1.165) is 4.47 Å². The molecule has 2 heterocycles. The highest BCUT2D eigenvalue weighted by Gasteiger charge is 2.02. The van der Waals surface area contributed by atoms with Gasteiger partial charge in [-0.15, -0.1) is 0 Å². The van der Waals surface area contributed by atoms with Gasteiger partial charge >= 0.3 is 0 Å². The van der Waals surface area contributed by atoms with E-state index in [1.165, 1.54) is 12.3 Å². The number of hydrogen-bond donors (Lipinski definition) is 0. The molecule has 0 radical (unpaired) electrons. The maximum absolute atomic E-state index is 12.7. The lowest BCUT2D eigenvalue weighted by Crippen LogP contribution is -1.92. The second kappa shape index (κ2) is 3.79. The van der Waals surface area contributed by atoms with Gasteiger partial charge in [-0.1, -0.05) is 0 Å². The summed E-state index contributed by atoms with van der Waals surface area (Å²) in [5, 5.41) is 0. The Hall–Kier alpha value is -1.36. The first kappa shape index (κ1) is 9.21. The van der Waals surface area contributed by atoms with Crippen LogP contribution in [0.2, 0.25) is 0 Å². The average Bonchev–Trinajstić information content (AvgIpc) is 2.19. The van der Waals surface area contributed by atoms with Crippen LogP contribution in [0.1, 0.15) is 0 Å². The van der Waals surface area contributed by atoms with Crippen molar-refractivity contribution in [2.45, 2.75) is 0 Å². The number of rotatable bonds is 1. The van der Waals surface area contributed by atoms with Crippen LogP contribution in [0.5, 0.6) is 0 Å². The van der Waals surface area contributed by atoms with Crippen molar-refractivity contribution in [1.29, 1.82) is 0 Å². The van der Waals surface area contributed by atoms with Crippen LogP contribution in [-0.2, 0) is 0 Å². The van der Waals surface area contributed by atoms with Crippen molar-refractivity contribution in [2.24, 2.45) is 0 Å². The van der Waals surface area contributed by atoms with E-state index in [9.17, 15) is 4.39 Å². The fourth-order valence-electron chi connectivity index (χ4n) is 0.968. The molecule has 0 bridgehead atoms. The van der Waals surface area contributed by atoms with Crippen molar-refractivity contribution in [3.63, 3.8) is 0 Å². The van der Waals surface area contributed by atoms with E-state index >= 15 is 0 Å². The van der Waals surface area contributed by atoms with Gasteiger partial charge in [0.25, 0.3) is 0 Å². The van der Waals surface area contributed by atoms with E-state index in [1.807, 2.05) is 0 Å². The molecule has 0 saturated carbocycles. The zero-order chi connectivity index (χ0) is 9.97. The van der Waals surface area contributed by atoms with Crippen LogP contribution in [0.4, 0.5) is 4.39 Å². The van der Waals surface area contributed by atoms with E-state index in [-0.39, 0.29) is 5.82 Å². The predicted molar refractivity (Wildman–Crippen MR) is 52.9 cm³/mol. The molecule has 0 aliphatic rings. The maximum Gasteiger partial charge on any atom is 0.216 e. The molecule has 0 spiro atoms. The van der Waals surface area contributed by atoms with Gasteiger partial charge in [-0.2, -0.15) is 9.37 Å². The summed E-state index contributed by atoms with van der Waals surface area (Å²) in [7, 11) is 0. The van der Waals surface area contributed by atoms with Crippen molar-refractivity contribution >= 4 is 15.9 Å². The standard InChI is InChI=1S/C9H5BrFN3/c10-6-1-2-7(13-5-6)9-12-4-3-8(11)14-9/h1-5H. The summed E-state index contributed by atoms with van der Waals surface area (Å²) in [6, 6.07) is 4.72. The highest BCUT2D eigenvalue weighted by Crippen LogP contribution is 2.14. The van der Waals surface area contributed by atoms with Crippen LogP contribution in [0.15, 0.2) is 35.1 Å². The lowest BCUT2D eigenvalue weighted by Gasteiger charge is -1.97. The molecule has 0 aliphatic heterocycles. The molecule has 5 heteroatoms. The molecule has 0 amide bonds. The van der Waals surface area contributed by atoms with Gasteiger partial charge < -0.3 is 0 Å². The van der Waals surface area contributed by atoms with Crippen molar-refractivity contribution < 1.29 is 4.39 Å². The molecule has 2 rings (SSSR count). The van der Waals surface area contributed by atoms with Gasteiger partial charge in [0.1, 0.15) is 5.69 Å². The molecule has 14 heavy (non-hydrogen) atoms. The van der Waals surface area contributed by atoms with E-state index in [4.69, 9.17) is 0 Å². The number of halogens is 2. The Morgan fingerprint density at radius 2 is 2.00 bits per heavy atom. The van der Waals surface area contributed by atoms with Crippen molar-refractivity contribution in [2.75, 3.05) is 0 Å². The van der Waals surface area contributed by atoms with E-state index in [0.29, 0.717) is 5.69 Å². The van der Waals surface area contributed by atoms with E-state index < -0.39 is 5.95 Å². The first-order valence-corrected chi connectivity index (χ1v) is 4.65. The number of pyridine rings is 1. The molecular weight excluding hydrogens is 249 g/mol. The third-order valence-electron chi connectivity index (χ3n) is 1.58. The minimum Gasteiger partial charge on any atom is -0.252 e. The summed E-state index contributed by atoms with van der Waals surface area (Å²) in [6.07, 6.45) is 2.98. The minimum atomic E-state index is -0.556. The Bertz CT molecular complexity index is 444. The topological polar surface area (TPSA) is 38.7 Å². The second-order valence-corrected chi connectivity index (χ2v) is 3.48. The SMILES string of the molecule is Fc1ccnc(-c2ccc(Br)cn2)n1. The molecule has 0 fully saturated rings. The fraction of sp³-hybridized carbons (Fsp3) is 0. The van der Waals surface area contributed by atoms with Crippen LogP contribution in [0.25, 0.3) is 11.5 Å². The smallest absolute Gasteiger partial charge is 0.216 e. The molecule has 2 aromatic rings. The van der Waals surface area contributed by atoms with E-state index in [1.54, 1.807) is 18.3 Å². The molecular formula is C9H5BrFN3. The molecule has 3 nitrogen and oxygen atoms in total. The van der Waals surface area contributed by atoms with Gasteiger partial charge in [-0.3, -0.25) is 4.98 Å². The Labute approximate surface area is 88.2 Å². The maximum atomic E-state index is 12.7. The van der Waals surface area contributed by atoms with E-state index in [2.05, 4.69) is 30.9 Å². The van der Waals surface area contributed by atoms with Crippen LogP contribution in [-0.4, -0.2) is 15.0 Å². The Morgan fingerprint density at radius 3 is 2.64 bits per heavy atom. The highest BCUT2D eigenvalue weighted by molar-refractivity contribution is 9.10. The van der Waals surface area contributed by atoms with Gasteiger partial charge in [0.2, 0.25) is 5.95 Å². The summed E-state index contributed by atoms with van der Waals surface area (Å²) in [6.45, 7) is 0. The Morgan fingerprint density at radius 1 is 1.14 bits per heavy atom. The number of aromatic nitrogens is 3. The summed E-state index contributed by atoms with van der Waals surface area (Å²) in [4.78, 5) is 11.6. The number of nitrogens with zero attached hydrogens (tertiary/aromatic N) is 3. The predicted octanol–water partition coefficient (Wildman–Crippen LogP) is 2.44. The summed E-state index contributed by atoms with van der Waals surface area (Å²) < 4.78 is 13.6. The lowest BCUT2D eigenvalue weighted by atomic mass is 10.3. The molecule has 0 N–H and O–H groups in total. The highest BCUT2D eigenvalue weighted by atomic mass is 79.9. The third kappa shape index (κ3) is 1.93. The molecule has 2 aromatic heterocycles. The van der Waals surface area contributed by atoms with Crippen molar-refractivity contribution in [1.82, 2.24) is 15.0 Å². The second-order valence-electron chi connectivity index (χ2n) is 2.56. The first-order chi connectivity index (χ1) is 6.75. The third-order valence-corrected chi connectivity index (χ3v) is 2.05. The monoisotopic (exact) mass is 253 g/mol. The van der Waals surface area contributed by atoms with Crippen LogP contribution in [0.3, 0.4) is 0 Å². The molecule has 0 aromatic carbocycles. The molecule has 0 saturated heterocycles. The van der Waals surface area contributed by atoms with Crippen molar-refractivity contribution in [3.8, 4) is 11.5 Å². The van der Waals surface area contributed by atoms with Gasteiger partial charge in [0.15, 0.2) is 5.82 Å². The van der Waals surface area contributed by atoms with Crippen LogP contribution >= 0.6 is 15.9 Å². The van der Waals surface area contributed by atoms with Gasteiger partial charge in [0, 0.05) is 22.9 Å². The Balaban J connectivity index is 2.44. The zero-order valence-electron chi connectivity index (χ0n) is 6.98. The molecule has 70 valence electrons. The minimum absolute atomic E-state index is 0.289. The fourth-order valence-corrected chi connectivity index (χ4v) is 1.20. The normalized spacial score (nSPS) is 10.1. The summed E-state index contributed by atoms with van der Waals surface area (Å²) >= 11 is 3.26. The summed E-state index contributed by atoms with van der Waals surface area (Å²) in [5.41, 5.74) is 0.549. The first-order valence-electron chi connectivity index (χ1n) is 3.86. The molecule has 0 unspecified atom stereocenters. The molecule has 0 atom stereocenters.